The maximum Gasteiger partial charge on any atom is 0.306 e. The van der Waals surface area contributed by atoms with Gasteiger partial charge in [-0.05, 0) is 122 Å². The van der Waals surface area contributed by atoms with Gasteiger partial charge in [0.2, 0.25) is 0 Å². The molecule has 0 spiro atoms. The predicted octanol–water partition coefficient (Wildman–Crippen LogP) is 17.3. The standard InChI is InChI=1S/C60H92O6/c1-4-7-10-13-16-19-22-25-27-29-30-32-33-35-38-41-44-47-50-53-59(62)65-56-57(55-64-58(61)52-49-46-43-40-37-24-21-18-15-12-9-6-3)66-60(63)54-51-48-45-42-39-36-34-31-28-26-23-20-17-14-11-8-5-2/h7-8,10-11,16-21,25-28,30,32,34-36,38,42,44-45,47,57H,4-6,9,12-15,22-24,29,31,33,37,39-41,43,46,48-56H2,1-3H3/b10-7-,11-8-,19-16-,20-17-,21-18-,27-25-,28-26-,32-30-,36-34-,38-35-,45-42-,47-44-. The molecular formula is C60H92O6. The zero-order valence-electron chi connectivity index (χ0n) is 41.9. The van der Waals surface area contributed by atoms with Crippen LogP contribution < -0.4 is 0 Å². The predicted molar refractivity (Wildman–Crippen MR) is 283 cm³/mol. The van der Waals surface area contributed by atoms with Gasteiger partial charge in [-0.3, -0.25) is 14.4 Å². The van der Waals surface area contributed by atoms with Crippen molar-refractivity contribution in [1.29, 1.82) is 0 Å². The van der Waals surface area contributed by atoms with E-state index in [0.29, 0.717) is 19.3 Å². The molecule has 0 aromatic carbocycles. The number of carbonyl (C=O) groups excluding carboxylic acids is 3. The maximum atomic E-state index is 12.8. The van der Waals surface area contributed by atoms with Crippen molar-refractivity contribution in [3.63, 3.8) is 0 Å². The van der Waals surface area contributed by atoms with Gasteiger partial charge in [-0.1, -0.05) is 199 Å². The van der Waals surface area contributed by atoms with E-state index in [0.717, 1.165) is 109 Å². The Morgan fingerprint density at radius 2 is 0.636 bits per heavy atom. The van der Waals surface area contributed by atoms with E-state index < -0.39 is 12.1 Å². The molecule has 0 rings (SSSR count). The normalized spacial score (nSPS) is 13.3. The Hall–Kier alpha value is -4.71. The molecule has 0 saturated carbocycles. The molecule has 0 aromatic rings. The van der Waals surface area contributed by atoms with Crippen molar-refractivity contribution in [2.45, 2.75) is 200 Å². The number of esters is 3. The average molecular weight is 909 g/mol. The minimum absolute atomic E-state index is 0.135. The van der Waals surface area contributed by atoms with Gasteiger partial charge in [0.1, 0.15) is 13.2 Å². The molecule has 0 N–H and O–H groups in total. The number of rotatable bonds is 44. The Morgan fingerprint density at radius 3 is 1.08 bits per heavy atom. The Balaban J connectivity index is 4.63. The second-order valence-electron chi connectivity index (χ2n) is 16.3. The Kier molecular flexibility index (Phi) is 49.1. The largest absolute Gasteiger partial charge is 0.462 e. The van der Waals surface area contributed by atoms with E-state index in [2.05, 4.69) is 154 Å². The lowest BCUT2D eigenvalue weighted by Crippen LogP contribution is -2.30. The smallest absolute Gasteiger partial charge is 0.306 e. The van der Waals surface area contributed by atoms with Crippen molar-refractivity contribution < 1.29 is 28.6 Å². The van der Waals surface area contributed by atoms with Crippen LogP contribution in [0.4, 0.5) is 0 Å². The summed E-state index contributed by atoms with van der Waals surface area (Å²) in [7, 11) is 0. The molecule has 0 radical (unpaired) electrons. The molecule has 0 aromatic heterocycles. The van der Waals surface area contributed by atoms with E-state index in [4.69, 9.17) is 14.2 Å². The van der Waals surface area contributed by atoms with Crippen molar-refractivity contribution in [2.24, 2.45) is 0 Å². The zero-order valence-corrected chi connectivity index (χ0v) is 41.9. The number of hydrogen-bond donors (Lipinski definition) is 0. The molecule has 0 saturated heterocycles. The summed E-state index contributed by atoms with van der Waals surface area (Å²) in [5.74, 6) is -1.10. The van der Waals surface area contributed by atoms with Gasteiger partial charge in [-0.2, -0.15) is 0 Å². The number of ether oxygens (including phenoxy) is 3. The third kappa shape index (κ3) is 50.3. The van der Waals surface area contributed by atoms with Crippen molar-refractivity contribution in [2.75, 3.05) is 13.2 Å². The van der Waals surface area contributed by atoms with E-state index in [1.807, 2.05) is 12.2 Å². The molecule has 0 amide bonds. The van der Waals surface area contributed by atoms with E-state index in [9.17, 15) is 14.4 Å². The summed E-state index contributed by atoms with van der Waals surface area (Å²) in [6.45, 7) is 6.23. The van der Waals surface area contributed by atoms with Crippen molar-refractivity contribution in [3.8, 4) is 0 Å². The molecule has 0 fully saturated rings. The fourth-order valence-electron chi connectivity index (χ4n) is 6.26. The van der Waals surface area contributed by atoms with E-state index in [1.54, 1.807) is 0 Å². The van der Waals surface area contributed by atoms with Gasteiger partial charge in [0, 0.05) is 19.3 Å². The zero-order chi connectivity index (χ0) is 47.9. The highest BCUT2D eigenvalue weighted by atomic mass is 16.6. The topological polar surface area (TPSA) is 78.9 Å². The van der Waals surface area contributed by atoms with Crippen molar-refractivity contribution >= 4 is 17.9 Å². The third-order valence-electron chi connectivity index (χ3n) is 10.1. The quantitative estimate of drug-likeness (QED) is 0.0262. The maximum absolute atomic E-state index is 12.8. The number of carbonyl (C=O) groups is 3. The van der Waals surface area contributed by atoms with Crippen LogP contribution in [-0.2, 0) is 28.6 Å². The first-order valence-corrected chi connectivity index (χ1v) is 25.8. The van der Waals surface area contributed by atoms with Gasteiger partial charge in [0.15, 0.2) is 6.10 Å². The highest BCUT2D eigenvalue weighted by Gasteiger charge is 2.19. The lowest BCUT2D eigenvalue weighted by Gasteiger charge is -2.18. The lowest BCUT2D eigenvalue weighted by molar-refractivity contribution is -0.166. The number of allylic oxidation sites excluding steroid dienone is 24. The van der Waals surface area contributed by atoms with Crippen LogP contribution in [0.25, 0.3) is 0 Å². The molecule has 66 heavy (non-hydrogen) atoms. The van der Waals surface area contributed by atoms with Crippen LogP contribution in [0, 0.1) is 0 Å². The van der Waals surface area contributed by atoms with Crippen LogP contribution >= 0.6 is 0 Å². The number of unbranched alkanes of at least 4 members (excludes halogenated alkanes) is 9. The number of hydrogen-bond acceptors (Lipinski definition) is 6. The van der Waals surface area contributed by atoms with Crippen molar-refractivity contribution in [1.82, 2.24) is 0 Å². The summed E-state index contributed by atoms with van der Waals surface area (Å²) in [6, 6.07) is 0. The van der Waals surface area contributed by atoms with E-state index >= 15 is 0 Å². The van der Waals surface area contributed by atoms with Crippen LogP contribution in [-0.4, -0.2) is 37.2 Å². The molecule has 0 aliphatic carbocycles. The Morgan fingerprint density at radius 1 is 0.318 bits per heavy atom. The SMILES string of the molecule is CC/C=C\C/C=C\C/C=C\C/C=C\C/C=C\C/C=C\CCC(=O)OCC(COC(=O)CCCCCCC/C=C\CCCCC)OC(=O)CCC/C=C\C/C=C\C/C=C\C/C=C\C/C=C\CC. The van der Waals surface area contributed by atoms with Crippen LogP contribution in [0.3, 0.4) is 0 Å². The minimum Gasteiger partial charge on any atom is -0.462 e. The molecule has 0 aliphatic rings. The average Bonchev–Trinajstić information content (AvgIpc) is 3.31. The van der Waals surface area contributed by atoms with Gasteiger partial charge < -0.3 is 14.2 Å². The molecule has 0 bridgehead atoms. The van der Waals surface area contributed by atoms with Gasteiger partial charge in [0.05, 0.1) is 0 Å². The summed E-state index contributed by atoms with van der Waals surface area (Å²) in [5.41, 5.74) is 0. The fraction of sp³-hybridized carbons (Fsp3) is 0.550. The van der Waals surface area contributed by atoms with Gasteiger partial charge in [-0.15, -0.1) is 0 Å². The first kappa shape index (κ1) is 61.3. The molecular weight excluding hydrogens is 817 g/mol. The van der Waals surface area contributed by atoms with Gasteiger partial charge in [0.25, 0.3) is 0 Å². The Bertz CT molecular complexity index is 1510. The molecule has 1 unspecified atom stereocenters. The summed E-state index contributed by atoms with van der Waals surface area (Å²) in [5, 5.41) is 0. The van der Waals surface area contributed by atoms with Crippen LogP contribution in [0.15, 0.2) is 146 Å². The Labute approximate surface area is 404 Å². The molecule has 6 heteroatoms. The first-order valence-electron chi connectivity index (χ1n) is 25.8. The molecule has 0 aliphatic heterocycles. The lowest BCUT2D eigenvalue weighted by atomic mass is 10.1. The minimum atomic E-state index is -0.847. The van der Waals surface area contributed by atoms with Crippen LogP contribution in [0.2, 0.25) is 0 Å². The molecule has 1 atom stereocenters. The third-order valence-corrected chi connectivity index (χ3v) is 10.1. The highest BCUT2D eigenvalue weighted by Crippen LogP contribution is 2.11. The monoisotopic (exact) mass is 909 g/mol. The second-order valence-corrected chi connectivity index (χ2v) is 16.3. The molecule has 368 valence electrons. The second kappa shape index (κ2) is 52.9. The summed E-state index contributed by atoms with van der Waals surface area (Å²) in [4.78, 5) is 37.9. The molecule has 6 nitrogen and oxygen atoms in total. The highest BCUT2D eigenvalue weighted by molar-refractivity contribution is 5.71. The summed E-state index contributed by atoms with van der Waals surface area (Å²) < 4.78 is 16.7. The fourth-order valence-corrected chi connectivity index (χ4v) is 6.26. The summed E-state index contributed by atoms with van der Waals surface area (Å²) >= 11 is 0. The first-order chi connectivity index (χ1) is 32.5. The van der Waals surface area contributed by atoms with Gasteiger partial charge >= 0.3 is 17.9 Å². The van der Waals surface area contributed by atoms with Crippen molar-refractivity contribution in [3.05, 3.63) is 146 Å². The van der Waals surface area contributed by atoms with Crippen LogP contribution in [0.1, 0.15) is 194 Å². The summed E-state index contributed by atoms with van der Waals surface area (Å²) in [6.07, 6.45) is 75.6. The van der Waals surface area contributed by atoms with E-state index in [1.165, 1.54) is 32.1 Å². The van der Waals surface area contributed by atoms with E-state index in [-0.39, 0.29) is 38.0 Å². The van der Waals surface area contributed by atoms with Gasteiger partial charge in [-0.25, -0.2) is 0 Å². The van der Waals surface area contributed by atoms with Crippen LogP contribution in [0.5, 0.6) is 0 Å². The molecule has 0 heterocycles.